The molecule has 5 nitrogen and oxygen atoms in total. The molecular weight excluding hydrogens is 288 g/mol. The third kappa shape index (κ3) is 5.40. The van der Waals surface area contributed by atoms with E-state index in [1.807, 2.05) is 11.8 Å². The largest absolute Gasteiger partial charge is 0.478 e. The summed E-state index contributed by atoms with van der Waals surface area (Å²) in [6.45, 7) is 1.55. The molecule has 6 heteroatoms. The number of rotatable bonds is 6. The van der Waals surface area contributed by atoms with E-state index < -0.39 is 5.97 Å². The number of thioether (sulfide) groups is 1. The normalized spacial score (nSPS) is 18.2. The highest BCUT2D eigenvalue weighted by atomic mass is 32.2. The van der Waals surface area contributed by atoms with Crippen LogP contribution in [0.1, 0.15) is 22.3 Å². The monoisotopic (exact) mass is 308 g/mol. The first-order valence-electron chi connectivity index (χ1n) is 7.05. The predicted octanol–water partition coefficient (Wildman–Crippen LogP) is 1.14. The number of carbonyl (C=O) groups excluding carboxylic acids is 1. The molecule has 1 saturated heterocycles. The van der Waals surface area contributed by atoms with Gasteiger partial charge in [0.05, 0.1) is 5.56 Å². The van der Waals surface area contributed by atoms with E-state index in [0.717, 1.165) is 23.6 Å². The maximum absolute atomic E-state index is 11.8. The summed E-state index contributed by atoms with van der Waals surface area (Å²) in [4.78, 5) is 22.5. The lowest BCUT2D eigenvalue weighted by Gasteiger charge is -2.22. The summed E-state index contributed by atoms with van der Waals surface area (Å²) < 4.78 is 0. The van der Waals surface area contributed by atoms with Crippen molar-refractivity contribution in [1.29, 1.82) is 0 Å². The van der Waals surface area contributed by atoms with Gasteiger partial charge < -0.3 is 15.7 Å². The second-order valence-corrected chi connectivity index (χ2v) is 6.18. The molecule has 0 aromatic heterocycles. The first-order chi connectivity index (χ1) is 10.1. The van der Waals surface area contributed by atoms with Gasteiger partial charge in [0.15, 0.2) is 0 Å². The highest BCUT2D eigenvalue weighted by molar-refractivity contribution is 7.99. The summed E-state index contributed by atoms with van der Waals surface area (Å²) >= 11 is 1.88. The lowest BCUT2D eigenvalue weighted by Crippen LogP contribution is -2.41. The standard InChI is InChI=1S/C15H20N2O3S/c18-14(9-13-10-21-8-7-16-13)17-6-5-11-1-3-12(4-2-11)15(19)20/h1-4,13,16H,5-10H2,(H,17,18)(H,19,20). The Morgan fingerprint density at radius 3 is 2.71 bits per heavy atom. The van der Waals surface area contributed by atoms with E-state index in [2.05, 4.69) is 10.6 Å². The van der Waals surface area contributed by atoms with Crippen LogP contribution in [0.3, 0.4) is 0 Å². The van der Waals surface area contributed by atoms with Crippen LogP contribution in [0.15, 0.2) is 24.3 Å². The van der Waals surface area contributed by atoms with Crippen LogP contribution in [-0.4, -0.2) is 47.6 Å². The minimum Gasteiger partial charge on any atom is -0.478 e. The first-order valence-corrected chi connectivity index (χ1v) is 8.20. The molecule has 0 spiro atoms. The van der Waals surface area contributed by atoms with Gasteiger partial charge in [-0.1, -0.05) is 12.1 Å². The van der Waals surface area contributed by atoms with Gasteiger partial charge in [-0.15, -0.1) is 0 Å². The summed E-state index contributed by atoms with van der Waals surface area (Å²) in [5.74, 6) is 1.25. The van der Waals surface area contributed by atoms with Gasteiger partial charge in [0.2, 0.25) is 5.91 Å². The molecule has 0 saturated carbocycles. The Balaban J connectivity index is 1.68. The molecule has 1 aliphatic rings. The van der Waals surface area contributed by atoms with Crippen molar-refractivity contribution >= 4 is 23.6 Å². The third-order valence-corrected chi connectivity index (χ3v) is 4.50. The maximum Gasteiger partial charge on any atom is 0.335 e. The van der Waals surface area contributed by atoms with Crippen molar-refractivity contribution in [2.75, 3.05) is 24.6 Å². The highest BCUT2D eigenvalue weighted by Gasteiger charge is 2.16. The van der Waals surface area contributed by atoms with E-state index in [1.54, 1.807) is 24.3 Å². The van der Waals surface area contributed by atoms with E-state index in [9.17, 15) is 9.59 Å². The second kappa shape index (κ2) is 8.05. The zero-order valence-electron chi connectivity index (χ0n) is 11.8. The number of hydrogen-bond acceptors (Lipinski definition) is 4. The second-order valence-electron chi connectivity index (χ2n) is 5.03. The van der Waals surface area contributed by atoms with Gasteiger partial charge in [0.25, 0.3) is 0 Å². The molecule has 1 heterocycles. The van der Waals surface area contributed by atoms with Crippen LogP contribution < -0.4 is 10.6 Å². The Hall–Kier alpha value is -1.53. The number of nitrogens with one attached hydrogen (secondary N) is 2. The van der Waals surface area contributed by atoms with Crippen LogP contribution >= 0.6 is 11.8 Å². The topological polar surface area (TPSA) is 78.4 Å². The zero-order chi connectivity index (χ0) is 15.1. The van der Waals surface area contributed by atoms with Gasteiger partial charge in [0, 0.05) is 37.1 Å². The Labute approximate surface area is 128 Å². The average molecular weight is 308 g/mol. The summed E-state index contributed by atoms with van der Waals surface area (Å²) in [5, 5.41) is 15.1. The molecule has 0 aliphatic carbocycles. The fraction of sp³-hybridized carbons (Fsp3) is 0.467. The molecule has 1 aliphatic heterocycles. The van der Waals surface area contributed by atoms with E-state index in [-0.39, 0.29) is 17.5 Å². The molecule has 114 valence electrons. The molecular formula is C15H20N2O3S. The van der Waals surface area contributed by atoms with Gasteiger partial charge in [0.1, 0.15) is 0 Å². The Kier molecular flexibility index (Phi) is 6.07. The minimum absolute atomic E-state index is 0.0668. The van der Waals surface area contributed by atoms with Gasteiger partial charge in [-0.05, 0) is 24.1 Å². The number of hydrogen-bond donors (Lipinski definition) is 3. The number of carbonyl (C=O) groups is 2. The van der Waals surface area contributed by atoms with Crippen molar-refractivity contribution in [2.24, 2.45) is 0 Å². The molecule has 0 bridgehead atoms. The van der Waals surface area contributed by atoms with Gasteiger partial charge in [-0.3, -0.25) is 4.79 Å². The summed E-state index contributed by atoms with van der Waals surface area (Å²) in [7, 11) is 0. The van der Waals surface area contributed by atoms with E-state index in [4.69, 9.17) is 5.11 Å². The van der Waals surface area contributed by atoms with Crippen LogP contribution in [0, 0.1) is 0 Å². The summed E-state index contributed by atoms with van der Waals surface area (Å²) in [6, 6.07) is 7.02. The van der Waals surface area contributed by atoms with Crippen LogP contribution in [0.5, 0.6) is 0 Å². The van der Waals surface area contributed by atoms with Crippen molar-refractivity contribution < 1.29 is 14.7 Å². The van der Waals surface area contributed by atoms with Crippen molar-refractivity contribution in [1.82, 2.24) is 10.6 Å². The fourth-order valence-corrected chi connectivity index (χ4v) is 3.16. The van der Waals surface area contributed by atoms with Gasteiger partial charge in [-0.25, -0.2) is 4.79 Å². The van der Waals surface area contributed by atoms with Gasteiger partial charge >= 0.3 is 5.97 Å². The number of amides is 1. The third-order valence-electron chi connectivity index (χ3n) is 3.37. The Morgan fingerprint density at radius 1 is 1.33 bits per heavy atom. The number of aromatic carboxylic acids is 1. The van der Waals surface area contributed by atoms with Crippen molar-refractivity contribution in [3.05, 3.63) is 35.4 Å². The van der Waals surface area contributed by atoms with Crippen LogP contribution in [0.25, 0.3) is 0 Å². The molecule has 2 rings (SSSR count). The molecule has 1 atom stereocenters. The van der Waals surface area contributed by atoms with E-state index in [0.29, 0.717) is 19.4 Å². The average Bonchev–Trinajstić information content (AvgIpc) is 2.49. The Morgan fingerprint density at radius 2 is 2.10 bits per heavy atom. The maximum atomic E-state index is 11.8. The molecule has 1 aromatic rings. The van der Waals surface area contributed by atoms with Gasteiger partial charge in [-0.2, -0.15) is 11.8 Å². The van der Waals surface area contributed by atoms with E-state index in [1.165, 1.54) is 0 Å². The van der Waals surface area contributed by atoms with Crippen LogP contribution in [-0.2, 0) is 11.2 Å². The first kappa shape index (κ1) is 15.9. The van der Waals surface area contributed by atoms with Crippen LogP contribution in [0.2, 0.25) is 0 Å². The van der Waals surface area contributed by atoms with Crippen LogP contribution in [0.4, 0.5) is 0 Å². The Bertz CT molecular complexity index is 484. The minimum atomic E-state index is -0.923. The number of carboxylic acid groups (broad SMARTS) is 1. The zero-order valence-corrected chi connectivity index (χ0v) is 12.6. The predicted molar refractivity (Wildman–Crippen MR) is 83.8 cm³/mol. The fourth-order valence-electron chi connectivity index (χ4n) is 2.21. The number of carboxylic acids is 1. The summed E-state index contributed by atoms with van der Waals surface area (Å²) in [6.07, 6.45) is 1.23. The molecule has 21 heavy (non-hydrogen) atoms. The number of benzene rings is 1. The quantitative estimate of drug-likeness (QED) is 0.734. The summed E-state index contributed by atoms with van der Waals surface area (Å²) in [5.41, 5.74) is 1.30. The highest BCUT2D eigenvalue weighted by Crippen LogP contribution is 2.10. The van der Waals surface area contributed by atoms with E-state index >= 15 is 0 Å². The van der Waals surface area contributed by atoms with Crippen molar-refractivity contribution in [3.8, 4) is 0 Å². The molecule has 1 amide bonds. The lowest BCUT2D eigenvalue weighted by molar-refractivity contribution is -0.121. The molecule has 1 fully saturated rings. The smallest absolute Gasteiger partial charge is 0.335 e. The van der Waals surface area contributed by atoms with Crippen molar-refractivity contribution in [2.45, 2.75) is 18.9 Å². The molecule has 1 aromatic carbocycles. The molecule has 0 radical (unpaired) electrons. The van der Waals surface area contributed by atoms with Crippen molar-refractivity contribution in [3.63, 3.8) is 0 Å². The SMILES string of the molecule is O=C(CC1CSCCN1)NCCc1ccc(C(=O)O)cc1. The molecule has 3 N–H and O–H groups in total. The lowest BCUT2D eigenvalue weighted by atomic mass is 10.1. The molecule has 1 unspecified atom stereocenters.